The molecule has 2 rings (SSSR count). The maximum Gasteiger partial charge on any atom is 0.0954 e. The zero-order valence-electron chi connectivity index (χ0n) is 9.15. The molecule has 2 unspecified atom stereocenters. The lowest BCUT2D eigenvalue weighted by Gasteiger charge is -2.41. The highest BCUT2D eigenvalue weighted by molar-refractivity contribution is 4.90. The van der Waals surface area contributed by atoms with E-state index >= 15 is 0 Å². The largest absolute Gasteiger partial charge is 0.389 e. The molecule has 3 heteroatoms. The first kappa shape index (κ1) is 10.4. The molecular formula is C11H21NO2. The van der Waals surface area contributed by atoms with Gasteiger partial charge in [-0.25, -0.2) is 0 Å². The van der Waals surface area contributed by atoms with E-state index in [2.05, 4.69) is 11.8 Å². The Hall–Kier alpha value is -0.120. The standard InChI is InChI=1S/C11H21NO2/c1-8-7-10(11(13)9(2)14-8)12-5-3-4-6-12/h8-11,13H,3-7H2,1-2H3/t8-,9+,10?,11?/m1/s1. The van der Waals surface area contributed by atoms with Crippen LogP contribution >= 0.6 is 0 Å². The summed E-state index contributed by atoms with van der Waals surface area (Å²) >= 11 is 0. The maximum atomic E-state index is 10.0. The third kappa shape index (κ3) is 1.95. The van der Waals surface area contributed by atoms with Crippen molar-refractivity contribution in [2.45, 2.75) is 57.5 Å². The van der Waals surface area contributed by atoms with Gasteiger partial charge in [-0.1, -0.05) is 0 Å². The van der Waals surface area contributed by atoms with Gasteiger partial charge in [0.15, 0.2) is 0 Å². The van der Waals surface area contributed by atoms with E-state index < -0.39 is 0 Å². The summed E-state index contributed by atoms with van der Waals surface area (Å²) in [5.74, 6) is 0. The molecule has 14 heavy (non-hydrogen) atoms. The molecule has 0 bridgehead atoms. The van der Waals surface area contributed by atoms with Crippen LogP contribution < -0.4 is 0 Å². The zero-order valence-corrected chi connectivity index (χ0v) is 9.15. The summed E-state index contributed by atoms with van der Waals surface area (Å²) in [5.41, 5.74) is 0. The van der Waals surface area contributed by atoms with Crippen molar-refractivity contribution in [2.24, 2.45) is 0 Å². The Morgan fingerprint density at radius 1 is 1.21 bits per heavy atom. The van der Waals surface area contributed by atoms with Crippen LogP contribution in [-0.4, -0.2) is 47.4 Å². The van der Waals surface area contributed by atoms with E-state index in [4.69, 9.17) is 4.74 Å². The number of hydrogen-bond donors (Lipinski definition) is 1. The highest BCUT2D eigenvalue weighted by Gasteiger charge is 2.37. The maximum absolute atomic E-state index is 10.0. The zero-order chi connectivity index (χ0) is 10.1. The van der Waals surface area contributed by atoms with Crippen molar-refractivity contribution in [3.05, 3.63) is 0 Å². The Morgan fingerprint density at radius 2 is 1.86 bits per heavy atom. The topological polar surface area (TPSA) is 32.7 Å². The van der Waals surface area contributed by atoms with Crippen LogP contribution in [0.15, 0.2) is 0 Å². The van der Waals surface area contributed by atoms with Gasteiger partial charge in [0.1, 0.15) is 0 Å². The predicted octanol–water partition coefficient (Wildman–Crippen LogP) is 1.01. The van der Waals surface area contributed by atoms with Crippen LogP contribution in [0.3, 0.4) is 0 Å². The van der Waals surface area contributed by atoms with Gasteiger partial charge >= 0.3 is 0 Å². The molecule has 0 aliphatic carbocycles. The fourth-order valence-electron chi connectivity index (χ4n) is 2.73. The van der Waals surface area contributed by atoms with Crippen LogP contribution in [0.25, 0.3) is 0 Å². The number of aliphatic hydroxyl groups is 1. The second-order valence-corrected chi connectivity index (χ2v) is 4.69. The van der Waals surface area contributed by atoms with Crippen molar-refractivity contribution in [1.82, 2.24) is 4.90 Å². The number of ether oxygens (including phenoxy) is 1. The normalized spacial score (nSPS) is 45.6. The van der Waals surface area contributed by atoms with Gasteiger partial charge in [-0.2, -0.15) is 0 Å². The van der Waals surface area contributed by atoms with Crippen LogP contribution in [0, 0.1) is 0 Å². The van der Waals surface area contributed by atoms with Gasteiger partial charge in [0.05, 0.1) is 18.3 Å². The predicted molar refractivity (Wildman–Crippen MR) is 55.2 cm³/mol. The molecule has 3 nitrogen and oxygen atoms in total. The molecular weight excluding hydrogens is 178 g/mol. The Bertz CT molecular complexity index is 190. The molecule has 2 aliphatic heterocycles. The van der Waals surface area contributed by atoms with E-state index in [0.29, 0.717) is 12.1 Å². The van der Waals surface area contributed by atoms with Crippen LogP contribution in [0.1, 0.15) is 33.1 Å². The molecule has 0 radical (unpaired) electrons. The van der Waals surface area contributed by atoms with Crippen LogP contribution in [0.2, 0.25) is 0 Å². The van der Waals surface area contributed by atoms with Gasteiger partial charge in [-0.3, -0.25) is 4.90 Å². The molecule has 2 fully saturated rings. The molecule has 2 aliphatic rings. The molecule has 0 aromatic heterocycles. The summed E-state index contributed by atoms with van der Waals surface area (Å²) in [7, 11) is 0. The number of rotatable bonds is 1. The van der Waals surface area contributed by atoms with E-state index in [1.807, 2.05) is 6.92 Å². The fourth-order valence-corrected chi connectivity index (χ4v) is 2.73. The van der Waals surface area contributed by atoms with Gasteiger partial charge in [0.25, 0.3) is 0 Å². The lowest BCUT2D eigenvalue weighted by atomic mass is 9.95. The summed E-state index contributed by atoms with van der Waals surface area (Å²) in [4.78, 5) is 2.43. The molecule has 0 aromatic rings. The minimum absolute atomic E-state index is 0.00986. The number of aliphatic hydroxyl groups excluding tert-OH is 1. The Balaban J connectivity index is 2.00. The van der Waals surface area contributed by atoms with Gasteiger partial charge in [-0.15, -0.1) is 0 Å². The van der Waals surface area contributed by atoms with Crippen LogP contribution in [0.4, 0.5) is 0 Å². The lowest BCUT2D eigenvalue weighted by molar-refractivity contribution is -0.137. The van der Waals surface area contributed by atoms with Gasteiger partial charge in [0, 0.05) is 6.04 Å². The molecule has 2 heterocycles. The Kier molecular flexibility index (Phi) is 3.10. The molecule has 0 amide bonds. The molecule has 1 N–H and O–H groups in total. The SMILES string of the molecule is C[C@@H]1CC(N2CCCC2)C(O)[C@H](C)O1. The third-order valence-electron chi connectivity index (χ3n) is 3.51. The molecule has 2 saturated heterocycles. The summed E-state index contributed by atoms with van der Waals surface area (Å²) in [6.07, 6.45) is 3.53. The van der Waals surface area contributed by atoms with Crippen LogP contribution in [-0.2, 0) is 4.74 Å². The van der Waals surface area contributed by atoms with Crippen LogP contribution in [0.5, 0.6) is 0 Å². The summed E-state index contributed by atoms with van der Waals surface area (Å²) < 4.78 is 5.61. The summed E-state index contributed by atoms with van der Waals surface area (Å²) in [5, 5.41) is 10.0. The van der Waals surface area contributed by atoms with E-state index in [1.165, 1.54) is 12.8 Å². The molecule has 82 valence electrons. The van der Waals surface area contributed by atoms with Gasteiger partial charge in [0.2, 0.25) is 0 Å². The number of nitrogens with zero attached hydrogens (tertiary/aromatic N) is 1. The van der Waals surface area contributed by atoms with Crippen molar-refractivity contribution in [3.63, 3.8) is 0 Å². The van der Waals surface area contributed by atoms with E-state index in [1.54, 1.807) is 0 Å². The number of hydrogen-bond acceptors (Lipinski definition) is 3. The minimum atomic E-state index is -0.302. The van der Waals surface area contributed by atoms with Crippen molar-refractivity contribution in [1.29, 1.82) is 0 Å². The third-order valence-corrected chi connectivity index (χ3v) is 3.51. The van der Waals surface area contributed by atoms with E-state index in [-0.39, 0.29) is 12.2 Å². The molecule has 0 spiro atoms. The summed E-state index contributed by atoms with van der Waals surface area (Å²) in [6.45, 7) is 6.39. The average Bonchev–Trinajstić information content (AvgIpc) is 2.63. The van der Waals surface area contributed by atoms with Gasteiger partial charge in [-0.05, 0) is 46.2 Å². The first-order chi connectivity index (χ1) is 6.68. The minimum Gasteiger partial charge on any atom is -0.389 e. The van der Waals surface area contributed by atoms with Gasteiger partial charge < -0.3 is 9.84 Å². The second-order valence-electron chi connectivity index (χ2n) is 4.69. The molecule has 0 aromatic carbocycles. The molecule has 4 atom stereocenters. The van der Waals surface area contributed by atoms with E-state index in [0.717, 1.165) is 19.5 Å². The Labute approximate surface area is 86.0 Å². The first-order valence-electron chi connectivity index (χ1n) is 5.76. The van der Waals surface area contributed by atoms with Crippen molar-refractivity contribution >= 4 is 0 Å². The highest BCUT2D eigenvalue weighted by atomic mass is 16.5. The Morgan fingerprint density at radius 3 is 2.50 bits per heavy atom. The first-order valence-corrected chi connectivity index (χ1v) is 5.76. The van der Waals surface area contributed by atoms with Crippen molar-refractivity contribution in [3.8, 4) is 0 Å². The fraction of sp³-hybridized carbons (Fsp3) is 1.00. The summed E-state index contributed by atoms with van der Waals surface area (Å²) in [6, 6.07) is 0.330. The second kappa shape index (κ2) is 4.17. The molecule has 0 saturated carbocycles. The van der Waals surface area contributed by atoms with Crippen molar-refractivity contribution in [2.75, 3.05) is 13.1 Å². The highest BCUT2D eigenvalue weighted by Crippen LogP contribution is 2.26. The quantitative estimate of drug-likeness (QED) is 0.684. The smallest absolute Gasteiger partial charge is 0.0954 e. The van der Waals surface area contributed by atoms with Crippen molar-refractivity contribution < 1.29 is 9.84 Å². The average molecular weight is 199 g/mol. The lowest BCUT2D eigenvalue weighted by Crippen LogP contribution is -2.53. The number of likely N-dealkylation sites (tertiary alicyclic amines) is 1. The van der Waals surface area contributed by atoms with E-state index in [9.17, 15) is 5.11 Å². The monoisotopic (exact) mass is 199 g/mol.